The lowest BCUT2D eigenvalue weighted by Gasteiger charge is -1.99. The van der Waals surface area contributed by atoms with Gasteiger partial charge in [-0.05, 0) is 36.4 Å². The first-order valence-corrected chi connectivity index (χ1v) is 6.71. The lowest BCUT2D eigenvalue weighted by atomic mass is 10.2. The molecule has 0 bridgehead atoms. The zero-order chi connectivity index (χ0) is 13.9. The molecule has 20 heavy (non-hydrogen) atoms. The van der Waals surface area contributed by atoms with E-state index in [1.165, 1.54) is 0 Å². The van der Waals surface area contributed by atoms with E-state index in [4.69, 9.17) is 4.74 Å². The van der Waals surface area contributed by atoms with Crippen LogP contribution in [0.2, 0.25) is 0 Å². The first-order chi connectivity index (χ1) is 9.72. The molecule has 0 unspecified atom stereocenters. The Morgan fingerprint density at radius 3 is 2.80 bits per heavy atom. The smallest absolute Gasteiger partial charge is 0.363 e. The van der Waals surface area contributed by atoms with Gasteiger partial charge in [0.25, 0.3) is 0 Å². The van der Waals surface area contributed by atoms with Crippen LogP contribution in [0.25, 0.3) is 6.08 Å². The van der Waals surface area contributed by atoms with E-state index in [9.17, 15) is 4.79 Å². The van der Waals surface area contributed by atoms with Crippen LogP contribution in [-0.2, 0) is 9.53 Å². The molecule has 98 valence electrons. The highest BCUT2D eigenvalue weighted by Crippen LogP contribution is 2.20. The zero-order valence-corrected chi connectivity index (χ0v) is 11.9. The van der Waals surface area contributed by atoms with Gasteiger partial charge in [0.05, 0.1) is 5.69 Å². The molecule has 5 heteroatoms. The van der Waals surface area contributed by atoms with Crippen molar-refractivity contribution in [3.63, 3.8) is 0 Å². The average Bonchev–Trinajstić information content (AvgIpc) is 2.81. The van der Waals surface area contributed by atoms with Crippen molar-refractivity contribution in [1.82, 2.24) is 4.98 Å². The molecule has 0 N–H and O–H groups in total. The topological polar surface area (TPSA) is 51.5 Å². The number of rotatable bonds is 2. The van der Waals surface area contributed by atoms with Crippen LogP contribution in [0.4, 0.5) is 0 Å². The number of benzene rings is 1. The normalized spacial score (nSPS) is 16.1. The van der Waals surface area contributed by atoms with E-state index in [1.54, 1.807) is 18.3 Å². The van der Waals surface area contributed by atoms with E-state index in [1.807, 2.05) is 36.4 Å². The number of carbonyl (C=O) groups is 1. The molecule has 2 heterocycles. The standard InChI is InChI=1S/C15H9BrN2O2/c16-11-5-3-4-10(8-11)14-18-13(15(19)20-14)9-12-6-1-2-7-17-12/h1-9H/b13-9-. The summed E-state index contributed by atoms with van der Waals surface area (Å²) < 4.78 is 6.08. The highest BCUT2D eigenvalue weighted by molar-refractivity contribution is 9.10. The number of nitrogens with zero attached hydrogens (tertiary/aromatic N) is 2. The van der Waals surface area contributed by atoms with Gasteiger partial charge in [0.1, 0.15) is 0 Å². The quantitative estimate of drug-likeness (QED) is 0.628. The van der Waals surface area contributed by atoms with Crippen LogP contribution in [0.1, 0.15) is 11.3 Å². The minimum atomic E-state index is -0.467. The molecule has 0 fully saturated rings. The van der Waals surface area contributed by atoms with Gasteiger partial charge in [0, 0.05) is 16.2 Å². The van der Waals surface area contributed by atoms with Crippen molar-refractivity contribution in [2.75, 3.05) is 0 Å². The van der Waals surface area contributed by atoms with Crippen LogP contribution in [0.3, 0.4) is 0 Å². The predicted molar refractivity (Wildman–Crippen MR) is 79.0 cm³/mol. The minimum absolute atomic E-state index is 0.249. The Bertz CT molecular complexity index is 724. The Morgan fingerprint density at radius 2 is 2.05 bits per heavy atom. The van der Waals surface area contributed by atoms with E-state index >= 15 is 0 Å². The Morgan fingerprint density at radius 1 is 1.15 bits per heavy atom. The van der Waals surface area contributed by atoms with Gasteiger partial charge in [-0.15, -0.1) is 0 Å². The fourth-order valence-electron chi connectivity index (χ4n) is 1.76. The third-order valence-electron chi connectivity index (χ3n) is 2.66. The van der Waals surface area contributed by atoms with Crippen LogP contribution in [0, 0.1) is 0 Å². The van der Waals surface area contributed by atoms with Crippen LogP contribution in [-0.4, -0.2) is 16.9 Å². The lowest BCUT2D eigenvalue weighted by molar-refractivity contribution is -0.129. The molecule has 0 radical (unpaired) electrons. The first kappa shape index (κ1) is 12.7. The Hall–Kier alpha value is -2.27. The Balaban J connectivity index is 1.95. The molecular formula is C15H9BrN2O2. The summed E-state index contributed by atoms with van der Waals surface area (Å²) in [5.41, 5.74) is 1.66. The van der Waals surface area contributed by atoms with Gasteiger partial charge in [-0.1, -0.05) is 28.1 Å². The number of hydrogen-bond donors (Lipinski definition) is 0. The van der Waals surface area contributed by atoms with Crippen LogP contribution in [0.5, 0.6) is 0 Å². The number of carbonyl (C=O) groups excluding carboxylic acids is 1. The highest BCUT2D eigenvalue weighted by Gasteiger charge is 2.24. The van der Waals surface area contributed by atoms with Gasteiger partial charge in [0.15, 0.2) is 5.70 Å². The van der Waals surface area contributed by atoms with E-state index in [0.717, 1.165) is 10.0 Å². The molecular weight excluding hydrogens is 320 g/mol. The van der Waals surface area contributed by atoms with Crippen molar-refractivity contribution in [1.29, 1.82) is 0 Å². The molecule has 0 aliphatic carbocycles. The van der Waals surface area contributed by atoms with Crippen LogP contribution >= 0.6 is 15.9 Å². The number of hydrogen-bond acceptors (Lipinski definition) is 4. The molecule has 1 aromatic carbocycles. The Kier molecular flexibility index (Phi) is 3.43. The third kappa shape index (κ3) is 2.67. The molecule has 3 rings (SSSR count). The fourth-order valence-corrected chi connectivity index (χ4v) is 2.15. The SMILES string of the molecule is O=C1OC(c2cccc(Br)c2)=N/C1=C\c1ccccn1. The second-order valence-corrected chi connectivity index (χ2v) is 5.02. The summed E-state index contributed by atoms with van der Waals surface area (Å²) in [6.45, 7) is 0. The molecule has 1 aliphatic heterocycles. The number of cyclic esters (lactones) is 1. The van der Waals surface area contributed by atoms with Gasteiger partial charge < -0.3 is 4.74 Å². The summed E-state index contributed by atoms with van der Waals surface area (Å²) in [5, 5.41) is 0. The van der Waals surface area contributed by atoms with Gasteiger partial charge >= 0.3 is 5.97 Å². The largest absolute Gasteiger partial charge is 0.402 e. The highest BCUT2D eigenvalue weighted by atomic mass is 79.9. The van der Waals surface area contributed by atoms with Gasteiger partial charge in [0.2, 0.25) is 5.90 Å². The van der Waals surface area contributed by atoms with Crippen molar-refractivity contribution < 1.29 is 9.53 Å². The van der Waals surface area contributed by atoms with E-state index in [-0.39, 0.29) is 5.70 Å². The fraction of sp³-hybridized carbons (Fsp3) is 0. The molecule has 1 aliphatic rings. The average molecular weight is 329 g/mol. The van der Waals surface area contributed by atoms with Crippen LogP contribution in [0.15, 0.2) is 63.8 Å². The van der Waals surface area contributed by atoms with Gasteiger partial charge in [-0.25, -0.2) is 9.79 Å². The predicted octanol–water partition coefficient (Wildman–Crippen LogP) is 3.19. The number of aromatic nitrogens is 1. The molecule has 0 atom stereocenters. The maximum Gasteiger partial charge on any atom is 0.363 e. The number of pyridine rings is 1. The van der Waals surface area contributed by atoms with Gasteiger partial charge in [-0.3, -0.25) is 4.98 Å². The van der Waals surface area contributed by atoms with Gasteiger partial charge in [-0.2, -0.15) is 0 Å². The monoisotopic (exact) mass is 328 g/mol. The summed E-state index contributed by atoms with van der Waals surface area (Å²) in [6, 6.07) is 12.9. The number of halogens is 1. The molecule has 0 saturated heterocycles. The minimum Gasteiger partial charge on any atom is -0.402 e. The zero-order valence-electron chi connectivity index (χ0n) is 10.3. The lowest BCUT2D eigenvalue weighted by Crippen LogP contribution is -2.05. The van der Waals surface area contributed by atoms with Crippen molar-refractivity contribution in [3.8, 4) is 0 Å². The molecule has 2 aromatic rings. The van der Waals surface area contributed by atoms with Crippen molar-refractivity contribution >= 4 is 33.9 Å². The van der Waals surface area contributed by atoms with Crippen molar-refractivity contribution in [2.45, 2.75) is 0 Å². The van der Waals surface area contributed by atoms with Crippen molar-refractivity contribution in [2.24, 2.45) is 4.99 Å². The maximum atomic E-state index is 11.8. The molecule has 0 saturated carbocycles. The van der Waals surface area contributed by atoms with E-state index in [0.29, 0.717) is 11.6 Å². The maximum absolute atomic E-state index is 11.8. The Labute approximate surface area is 124 Å². The van der Waals surface area contributed by atoms with E-state index in [2.05, 4.69) is 25.9 Å². The summed E-state index contributed by atoms with van der Waals surface area (Å²) >= 11 is 3.37. The number of esters is 1. The summed E-state index contributed by atoms with van der Waals surface area (Å²) in [5.74, 6) is -0.163. The molecule has 0 spiro atoms. The van der Waals surface area contributed by atoms with E-state index < -0.39 is 5.97 Å². The van der Waals surface area contributed by atoms with Crippen molar-refractivity contribution in [3.05, 3.63) is 70.1 Å². The molecule has 0 amide bonds. The summed E-state index contributed by atoms with van der Waals surface area (Å²) in [6.07, 6.45) is 3.26. The second-order valence-electron chi connectivity index (χ2n) is 4.10. The second kappa shape index (κ2) is 5.38. The summed E-state index contributed by atoms with van der Waals surface area (Å²) in [4.78, 5) is 20.2. The first-order valence-electron chi connectivity index (χ1n) is 5.92. The third-order valence-corrected chi connectivity index (χ3v) is 3.16. The molecule has 4 nitrogen and oxygen atoms in total. The van der Waals surface area contributed by atoms with Crippen LogP contribution < -0.4 is 0 Å². The number of ether oxygens (including phenoxy) is 1. The number of aliphatic imine (C=N–C) groups is 1. The summed E-state index contributed by atoms with van der Waals surface area (Å²) in [7, 11) is 0. The molecule has 1 aromatic heterocycles.